The van der Waals surface area contributed by atoms with Gasteiger partial charge in [0.2, 0.25) is 0 Å². The number of rotatable bonds is 5. The fourth-order valence-electron chi connectivity index (χ4n) is 7.50. The van der Waals surface area contributed by atoms with Gasteiger partial charge in [-0.1, -0.05) is 133 Å². The van der Waals surface area contributed by atoms with Gasteiger partial charge in [-0.2, -0.15) is 0 Å². The second-order valence-electron chi connectivity index (χ2n) is 11.7. The molecule has 0 spiro atoms. The molecule has 2 nitrogen and oxygen atoms in total. The molecule has 0 unspecified atom stereocenters. The molecule has 0 aliphatic heterocycles. The van der Waals surface area contributed by atoms with Crippen molar-refractivity contribution >= 4 is 39.0 Å². The maximum atomic E-state index is 7.01. The topological polar surface area (TPSA) is 16.4 Å². The molecule has 1 aromatic heterocycles. The van der Waals surface area contributed by atoms with Crippen LogP contribution in [0.5, 0.6) is 0 Å². The van der Waals surface area contributed by atoms with Crippen LogP contribution in [0.2, 0.25) is 0 Å². The van der Waals surface area contributed by atoms with E-state index in [1.165, 1.54) is 27.8 Å². The summed E-state index contributed by atoms with van der Waals surface area (Å²) in [6.45, 7) is 0. The Hall–Kier alpha value is -5.86. The highest BCUT2D eigenvalue weighted by Gasteiger charge is 2.47. The number of furan rings is 1. The van der Waals surface area contributed by atoms with Crippen LogP contribution in [0.15, 0.2) is 180 Å². The molecule has 1 heterocycles. The van der Waals surface area contributed by atoms with Gasteiger partial charge in [-0.15, -0.1) is 0 Å². The average Bonchev–Trinajstić information content (AvgIpc) is 3.64. The highest BCUT2D eigenvalue weighted by atomic mass is 16.3. The van der Waals surface area contributed by atoms with Gasteiger partial charge >= 0.3 is 0 Å². The van der Waals surface area contributed by atoms with Crippen LogP contribution >= 0.6 is 0 Å². The van der Waals surface area contributed by atoms with Gasteiger partial charge in [-0.3, -0.25) is 0 Å². The van der Waals surface area contributed by atoms with Gasteiger partial charge in [-0.05, 0) is 64.2 Å². The number of nitrogens with zero attached hydrogens (tertiary/aromatic N) is 1. The van der Waals surface area contributed by atoms with Crippen molar-refractivity contribution in [3.63, 3.8) is 0 Å². The Bertz CT molecular complexity index is 2240. The predicted molar refractivity (Wildman–Crippen MR) is 186 cm³/mol. The zero-order valence-electron chi connectivity index (χ0n) is 24.6. The van der Waals surface area contributed by atoms with E-state index < -0.39 is 5.41 Å². The van der Waals surface area contributed by atoms with Crippen LogP contribution in [0.25, 0.3) is 33.1 Å². The lowest BCUT2D eigenvalue weighted by atomic mass is 9.67. The molecule has 1 aliphatic carbocycles. The monoisotopic (exact) mass is 575 g/mol. The van der Waals surface area contributed by atoms with E-state index in [1.54, 1.807) is 0 Å². The first-order valence-electron chi connectivity index (χ1n) is 15.4. The van der Waals surface area contributed by atoms with Crippen LogP contribution < -0.4 is 4.90 Å². The molecule has 212 valence electrons. The summed E-state index contributed by atoms with van der Waals surface area (Å²) in [5.74, 6) is 0. The maximum absolute atomic E-state index is 7.01. The molecule has 0 N–H and O–H groups in total. The number of benzene rings is 7. The summed E-state index contributed by atoms with van der Waals surface area (Å²) in [4.78, 5) is 2.28. The fourth-order valence-corrected chi connectivity index (χ4v) is 7.50. The molecule has 45 heavy (non-hydrogen) atoms. The van der Waals surface area contributed by atoms with Crippen molar-refractivity contribution in [3.05, 3.63) is 198 Å². The molecular weight excluding hydrogens is 546 g/mol. The minimum absolute atomic E-state index is 0.523. The van der Waals surface area contributed by atoms with Gasteiger partial charge in [0.1, 0.15) is 11.2 Å². The lowest BCUT2D eigenvalue weighted by Crippen LogP contribution is -2.28. The first kappa shape index (κ1) is 25.6. The molecule has 0 bridgehead atoms. The lowest BCUT2D eigenvalue weighted by Gasteiger charge is -2.33. The van der Waals surface area contributed by atoms with Gasteiger partial charge in [0, 0.05) is 39.5 Å². The van der Waals surface area contributed by atoms with Crippen molar-refractivity contribution in [1.82, 2.24) is 0 Å². The van der Waals surface area contributed by atoms with Gasteiger partial charge in [0.15, 0.2) is 0 Å². The van der Waals surface area contributed by atoms with Crippen molar-refractivity contribution in [1.29, 1.82) is 0 Å². The van der Waals surface area contributed by atoms with Gasteiger partial charge < -0.3 is 9.32 Å². The highest BCUT2D eigenvalue weighted by Crippen LogP contribution is 2.57. The van der Waals surface area contributed by atoms with Crippen LogP contribution in [0.4, 0.5) is 17.1 Å². The molecule has 0 atom stereocenters. The number of anilines is 3. The molecule has 1 aliphatic rings. The van der Waals surface area contributed by atoms with Crippen molar-refractivity contribution in [3.8, 4) is 11.1 Å². The molecule has 9 rings (SSSR count). The number of para-hydroxylation sites is 3. The van der Waals surface area contributed by atoms with E-state index in [-0.39, 0.29) is 0 Å². The Balaban J connectivity index is 1.32. The van der Waals surface area contributed by atoms with Crippen LogP contribution in [-0.4, -0.2) is 0 Å². The minimum atomic E-state index is -0.523. The molecule has 0 amide bonds. The van der Waals surface area contributed by atoms with E-state index >= 15 is 0 Å². The Morgan fingerprint density at radius 1 is 0.400 bits per heavy atom. The van der Waals surface area contributed by atoms with Crippen molar-refractivity contribution in [2.75, 3.05) is 4.90 Å². The zero-order chi connectivity index (χ0) is 29.8. The second-order valence-corrected chi connectivity index (χ2v) is 11.7. The molecule has 0 radical (unpaired) electrons. The number of fused-ring (bicyclic) bond motifs is 6. The molecule has 8 aromatic rings. The summed E-state index contributed by atoms with van der Waals surface area (Å²) in [7, 11) is 0. The Labute approximate surface area is 262 Å². The summed E-state index contributed by atoms with van der Waals surface area (Å²) >= 11 is 0. The summed E-state index contributed by atoms with van der Waals surface area (Å²) in [6, 6.07) is 62.9. The molecule has 7 aromatic carbocycles. The van der Waals surface area contributed by atoms with Crippen LogP contribution in [0.1, 0.15) is 22.3 Å². The number of hydrogen-bond acceptors (Lipinski definition) is 2. The molecule has 0 saturated heterocycles. The largest absolute Gasteiger partial charge is 0.456 e. The standard InChI is InChI=1S/C43H29NO/c1-4-15-30(16-5-1)43(38-24-12-10-21-34(38)35-22-11-13-25-39(35)43)40-26-14-23-37-36-28-27-33(29-41(36)45-42(37)40)44(31-17-6-2-7-18-31)32-19-8-3-9-20-32/h1-29H. The molecule has 2 heteroatoms. The van der Waals surface area contributed by atoms with Crippen LogP contribution in [-0.2, 0) is 5.41 Å². The molecule has 0 fully saturated rings. The summed E-state index contributed by atoms with van der Waals surface area (Å²) in [5.41, 5.74) is 12.0. The van der Waals surface area contributed by atoms with E-state index in [2.05, 4.69) is 181 Å². The maximum Gasteiger partial charge on any atom is 0.140 e. The van der Waals surface area contributed by atoms with Crippen molar-refractivity contribution in [2.24, 2.45) is 0 Å². The van der Waals surface area contributed by atoms with Crippen molar-refractivity contribution in [2.45, 2.75) is 5.41 Å². The first-order valence-corrected chi connectivity index (χ1v) is 15.4. The Morgan fingerprint density at radius 3 is 1.56 bits per heavy atom. The Morgan fingerprint density at radius 2 is 0.933 bits per heavy atom. The quantitative estimate of drug-likeness (QED) is 0.203. The van der Waals surface area contributed by atoms with Crippen LogP contribution in [0.3, 0.4) is 0 Å². The molecular formula is C43H29NO. The van der Waals surface area contributed by atoms with E-state index in [9.17, 15) is 0 Å². The van der Waals surface area contributed by atoms with E-state index in [4.69, 9.17) is 4.42 Å². The normalized spacial score (nSPS) is 13.1. The summed E-state index contributed by atoms with van der Waals surface area (Å²) in [6.07, 6.45) is 0. The van der Waals surface area contributed by atoms with Crippen LogP contribution in [0, 0.1) is 0 Å². The van der Waals surface area contributed by atoms with E-state index in [0.29, 0.717) is 0 Å². The fraction of sp³-hybridized carbons (Fsp3) is 0.0233. The van der Waals surface area contributed by atoms with Gasteiger partial charge in [0.25, 0.3) is 0 Å². The third-order valence-corrected chi connectivity index (χ3v) is 9.33. The average molecular weight is 576 g/mol. The third kappa shape index (κ3) is 3.76. The Kier molecular flexibility index (Phi) is 5.76. The number of hydrogen-bond donors (Lipinski definition) is 0. The smallest absolute Gasteiger partial charge is 0.140 e. The van der Waals surface area contributed by atoms with Gasteiger partial charge in [0.05, 0.1) is 5.41 Å². The highest BCUT2D eigenvalue weighted by molar-refractivity contribution is 6.08. The van der Waals surface area contributed by atoms with E-state index in [0.717, 1.165) is 44.6 Å². The third-order valence-electron chi connectivity index (χ3n) is 9.33. The second kappa shape index (κ2) is 10.1. The van der Waals surface area contributed by atoms with Crippen molar-refractivity contribution < 1.29 is 4.42 Å². The summed E-state index contributed by atoms with van der Waals surface area (Å²) in [5, 5.41) is 2.23. The lowest BCUT2D eigenvalue weighted by molar-refractivity contribution is 0.648. The summed E-state index contributed by atoms with van der Waals surface area (Å²) < 4.78 is 7.01. The predicted octanol–water partition coefficient (Wildman–Crippen LogP) is 11.4. The molecule has 0 saturated carbocycles. The SMILES string of the molecule is c1ccc(N(c2ccccc2)c2ccc3c(c2)oc2c(C4(c5ccccc5)c5ccccc5-c5ccccc54)cccc23)cc1. The van der Waals surface area contributed by atoms with E-state index in [1.807, 2.05) is 0 Å². The first-order chi connectivity index (χ1) is 22.3. The zero-order valence-corrected chi connectivity index (χ0v) is 24.6. The van der Waals surface area contributed by atoms with Gasteiger partial charge in [-0.25, -0.2) is 0 Å². The minimum Gasteiger partial charge on any atom is -0.456 e.